The van der Waals surface area contributed by atoms with Gasteiger partial charge in [0.2, 0.25) is 0 Å². The van der Waals surface area contributed by atoms with Crippen LogP contribution >= 0.6 is 0 Å². The predicted octanol–water partition coefficient (Wildman–Crippen LogP) is -1.46. The van der Waals surface area contributed by atoms with E-state index in [-0.39, 0.29) is 13.1 Å². The molecule has 0 rings (SSSR count). The summed E-state index contributed by atoms with van der Waals surface area (Å²) in [4.78, 5) is 2.63. The highest BCUT2D eigenvalue weighted by atomic mass is 32.2. The smallest absolute Gasteiger partial charge is 0.278 e. The first kappa shape index (κ1) is 15.7. The van der Waals surface area contributed by atoms with Crippen LogP contribution in [0.4, 0.5) is 0 Å². The van der Waals surface area contributed by atoms with E-state index in [0.29, 0.717) is 0 Å². The minimum Gasteiger partial charge on any atom is -0.290 e. The van der Waals surface area contributed by atoms with Crippen molar-refractivity contribution in [2.75, 3.05) is 38.9 Å². The lowest BCUT2D eigenvalue weighted by Gasteiger charge is -2.19. The molecular weight excluding hydrogens is 260 g/mol. The molecule has 0 aromatic heterocycles. The molecule has 0 aliphatic rings. The third-order valence-corrected chi connectivity index (χ3v) is 3.16. The Morgan fingerprint density at radius 1 is 0.812 bits per heavy atom. The third-order valence-electron chi connectivity index (χ3n) is 1.63. The molecule has 0 aliphatic heterocycles. The fourth-order valence-electron chi connectivity index (χ4n) is 1.03. The van der Waals surface area contributed by atoms with Crippen LogP contribution in [0.3, 0.4) is 0 Å². The highest BCUT2D eigenvalue weighted by Gasteiger charge is 2.12. The van der Waals surface area contributed by atoms with Gasteiger partial charge in [-0.3, -0.25) is 18.9 Å². The minimum absolute atomic E-state index is 0.242. The van der Waals surface area contributed by atoms with Gasteiger partial charge in [0.05, 0.1) is 0 Å². The van der Waals surface area contributed by atoms with Gasteiger partial charge in [0.25, 0.3) is 20.2 Å². The quantitative estimate of drug-likeness (QED) is 0.542. The lowest BCUT2D eigenvalue weighted by atomic mass is 10.5. The van der Waals surface area contributed by atoms with Crippen LogP contribution in [0.15, 0.2) is 0 Å². The fraction of sp³-hybridized carbons (Fsp3) is 1.00. The summed E-state index contributed by atoms with van der Waals surface area (Å²) in [6, 6.07) is 0. The van der Waals surface area contributed by atoms with Crippen molar-refractivity contribution < 1.29 is 25.9 Å². The van der Waals surface area contributed by atoms with Crippen molar-refractivity contribution in [1.29, 1.82) is 0 Å². The number of likely N-dealkylation sites (N-methyl/N-ethyl adjacent to an activating group) is 2. The van der Waals surface area contributed by atoms with Crippen molar-refractivity contribution in [2.24, 2.45) is 0 Å². The standard InChI is InChI=1S/C6H16N2O6S2/c1-7(5-15(9,10)11)3-4-8(2)6-16(12,13)14/h3-6H2,1-2H3,(H,9,10,11)(H,12,13,14). The van der Waals surface area contributed by atoms with E-state index in [2.05, 4.69) is 0 Å². The van der Waals surface area contributed by atoms with E-state index in [0.717, 1.165) is 0 Å². The number of rotatable bonds is 7. The second kappa shape index (κ2) is 5.89. The molecule has 16 heavy (non-hydrogen) atoms. The summed E-state index contributed by atoms with van der Waals surface area (Å²) in [6.07, 6.45) is 0. The average molecular weight is 276 g/mol. The number of hydrogen-bond acceptors (Lipinski definition) is 6. The Hall–Kier alpha value is -0.260. The fourth-order valence-corrected chi connectivity index (χ4v) is 2.40. The maximum Gasteiger partial charge on any atom is 0.278 e. The molecule has 0 saturated heterocycles. The molecule has 0 atom stereocenters. The molecule has 0 fully saturated rings. The van der Waals surface area contributed by atoms with Crippen LogP contribution in [0, 0.1) is 0 Å². The molecule has 0 radical (unpaired) electrons. The molecule has 0 saturated carbocycles. The van der Waals surface area contributed by atoms with E-state index >= 15 is 0 Å². The monoisotopic (exact) mass is 276 g/mol. The van der Waals surface area contributed by atoms with Crippen LogP contribution < -0.4 is 0 Å². The van der Waals surface area contributed by atoms with E-state index in [1.54, 1.807) is 0 Å². The molecule has 0 aromatic rings. The normalized spacial score (nSPS) is 13.6. The summed E-state index contributed by atoms with van der Waals surface area (Å²) < 4.78 is 59.0. The Morgan fingerprint density at radius 3 is 1.25 bits per heavy atom. The molecule has 8 nitrogen and oxygen atoms in total. The summed E-state index contributed by atoms with van der Waals surface area (Å²) in [7, 11) is -5.20. The predicted molar refractivity (Wildman–Crippen MR) is 58.1 cm³/mol. The van der Waals surface area contributed by atoms with Gasteiger partial charge in [0.1, 0.15) is 11.8 Å². The molecule has 0 aliphatic carbocycles. The van der Waals surface area contributed by atoms with Crippen molar-refractivity contribution in [3.05, 3.63) is 0 Å². The zero-order chi connectivity index (χ0) is 13.0. The zero-order valence-corrected chi connectivity index (χ0v) is 10.7. The molecule has 0 heterocycles. The van der Waals surface area contributed by atoms with Gasteiger partial charge in [-0.05, 0) is 14.1 Å². The zero-order valence-electron chi connectivity index (χ0n) is 9.07. The molecule has 0 aromatic carbocycles. The Balaban J connectivity index is 3.98. The SMILES string of the molecule is CN(CCN(C)CS(=O)(=O)O)CS(=O)(=O)O. The first-order valence-corrected chi connectivity index (χ1v) is 7.49. The second-order valence-corrected chi connectivity index (χ2v) is 6.43. The Labute approximate surface area is 95.3 Å². The summed E-state index contributed by atoms with van der Waals surface area (Å²) in [6.45, 7) is 0.484. The summed E-state index contributed by atoms with van der Waals surface area (Å²) in [5.74, 6) is -1.04. The molecule has 0 amide bonds. The van der Waals surface area contributed by atoms with Crippen molar-refractivity contribution >= 4 is 20.2 Å². The molecule has 0 bridgehead atoms. The van der Waals surface area contributed by atoms with E-state index in [1.807, 2.05) is 0 Å². The van der Waals surface area contributed by atoms with Gasteiger partial charge in [0.15, 0.2) is 0 Å². The van der Waals surface area contributed by atoms with Gasteiger partial charge in [-0.1, -0.05) is 0 Å². The Bertz CT molecular complexity index is 363. The lowest BCUT2D eigenvalue weighted by molar-refractivity contribution is 0.288. The maximum absolute atomic E-state index is 10.5. The Morgan fingerprint density at radius 2 is 1.06 bits per heavy atom. The van der Waals surface area contributed by atoms with Crippen LogP contribution in [0.25, 0.3) is 0 Å². The molecule has 2 N–H and O–H groups in total. The van der Waals surface area contributed by atoms with E-state index < -0.39 is 32.0 Å². The minimum atomic E-state index is -4.07. The van der Waals surface area contributed by atoms with Crippen LogP contribution in [0.1, 0.15) is 0 Å². The van der Waals surface area contributed by atoms with Crippen molar-refractivity contribution in [3.63, 3.8) is 0 Å². The number of hydrogen-bond donors (Lipinski definition) is 2. The first-order chi connectivity index (χ1) is 6.99. The van der Waals surface area contributed by atoms with Crippen LogP contribution in [0.5, 0.6) is 0 Å². The van der Waals surface area contributed by atoms with E-state index in [9.17, 15) is 16.8 Å². The summed E-state index contributed by atoms with van der Waals surface area (Å²) in [5, 5.41) is 0. The van der Waals surface area contributed by atoms with Gasteiger partial charge in [-0.25, -0.2) is 0 Å². The van der Waals surface area contributed by atoms with Gasteiger partial charge >= 0.3 is 0 Å². The highest BCUT2D eigenvalue weighted by molar-refractivity contribution is 7.85. The van der Waals surface area contributed by atoms with E-state index in [1.165, 1.54) is 23.9 Å². The topological polar surface area (TPSA) is 115 Å². The van der Waals surface area contributed by atoms with E-state index in [4.69, 9.17) is 9.11 Å². The molecule has 0 spiro atoms. The van der Waals surface area contributed by atoms with Crippen LogP contribution in [-0.2, 0) is 20.2 Å². The molecule has 0 unspecified atom stereocenters. The molecule has 10 heteroatoms. The third kappa shape index (κ3) is 10.3. The number of nitrogens with zero attached hydrogens (tertiary/aromatic N) is 2. The lowest BCUT2D eigenvalue weighted by Crippen LogP contribution is -2.35. The van der Waals surface area contributed by atoms with Crippen molar-refractivity contribution in [1.82, 2.24) is 9.80 Å². The van der Waals surface area contributed by atoms with Crippen LogP contribution in [-0.4, -0.2) is 74.7 Å². The van der Waals surface area contributed by atoms with Gasteiger partial charge in [-0.2, -0.15) is 16.8 Å². The largest absolute Gasteiger partial charge is 0.290 e. The van der Waals surface area contributed by atoms with Gasteiger partial charge in [-0.15, -0.1) is 0 Å². The molecular formula is C6H16N2O6S2. The van der Waals surface area contributed by atoms with Gasteiger partial charge in [0, 0.05) is 13.1 Å². The van der Waals surface area contributed by atoms with Crippen molar-refractivity contribution in [3.8, 4) is 0 Å². The van der Waals surface area contributed by atoms with Crippen LogP contribution in [0.2, 0.25) is 0 Å². The van der Waals surface area contributed by atoms with Crippen molar-refractivity contribution in [2.45, 2.75) is 0 Å². The highest BCUT2D eigenvalue weighted by Crippen LogP contribution is 1.93. The molecule has 98 valence electrons. The maximum atomic E-state index is 10.5. The average Bonchev–Trinajstić information content (AvgIpc) is 1.94. The second-order valence-electron chi connectivity index (χ2n) is 3.58. The van der Waals surface area contributed by atoms with Gasteiger partial charge < -0.3 is 0 Å². The summed E-state index contributed by atoms with van der Waals surface area (Å²) in [5.41, 5.74) is 0. The Kier molecular flexibility index (Phi) is 5.79. The summed E-state index contributed by atoms with van der Waals surface area (Å²) >= 11 is 0. The first-order valence-electron chi connectivity index (χ1n) is 4.27.